The third-order valence-corrected chi connectivity index (χ3v) is 2.84. The van der Waals surface area contributed by atoms with E-state index in [2.05, 4.69) is 36.2 Å². The Kier molecular flexibility index (Phi) is 3.61. The van der Waals surface area contributed by atoms with Gasteiger partial charge in [-0.05, 0) is 28.9 Å². The maximum absolute atomic E-state index is 12.0. The second kappa shape index (κ2) is 5.18. The standard InChI is InChI=1S/C11H12BrN5O/c1-6(10-14-2-3-15-10)17-11(18)8-4-7(12)5-16-9(8)13/h2-6H,1H3,(H2,13,16)(H,14,15)(H,17,18). The summed E-state index contributed by atoms with van der Waals surface area (Å²) < 4.78 is 0.701. The summed E-state index contributed by atoms with van der Waals surface area (Å²) in [5.74, 6) is 0.595. The number of aromatic amines is 1. The number of nitrogens with one attached hydrogen (secondary N) is 2. The van der Waals surface area contributed by atoms with Crippen LogP contribution in [-0.4, -0.2) is 20.9 Å². The van der Waals surface area contributed by atoms with E-state index in [9.17, 15) is 4.79 Å². The summed E-state index contributed by atoms with van der Waals surface area (Å²) in [6.45, 7) is 1.83. The van der Waals surface area contributed by atoms with Crippen LogP contribution in [-0.2, 0) is 0 Å². The average Bonchev–Trinajstić information content (AvgIpc) is 2.85. The van der Waals surface area contributed by atoms with Crippen molar-refractivity contribution in [3.8, 4) is 0 Å². The molecule has 2 rings (SSSR count). The van der Waals surface area contributed by atoms with E-state index in [0.29, 0.717) is 15.9 Å². The fraction of sp³-hybridized carbons (Fsp3) is 0.182. The van der Waals surface area contributed by atoms with E-state index >= 15 is 0 Å². The number of nitrogens with zero attached hydrogens (tertiary/aromatic N) is 2. The van der Waals surface area contributed by atoms with Crippen molar-refractivity contribution in [2.45, 2.75) is 13.0 Å². The van der Waals surface area contributed by atoms with Gasteiger partial charge in [-0.15, -0.1) is 0 Å². The number of halogens is 1. The van der Waals surface area contributed by atoms with Gasteiger partial charge in [-0.1, -0.05) is 0 Å². The molecule has 0 aliphatic rings. The minimum atomic E-state index is -0.287. The fourth-order valence-electron chi connectivity index (χ4n) is 1.49. The van der Waals surface area contributed by atoms with Crippen LogP contribution in [0.2, 0.25) is 0 Å². The highest BCUT2D eigenvalue weighted by molar-refractivity contribution is 9.10. The Morgan fingerprint density at radius 1 is 1.56 bits per heavy atom. The van der Waals surface area contributed by atoms with Crippen molar-refractivity contribution >= 4 is 27.7 Å². The molecule has 2 heterocycles. The Hall–Kier alpha value is -1.89. The number of nitrogens with two attached hydrogens (primary N) is 1. The number of aromatic nitrogens is 3. The maximum Gasteiger partial charge on any atom is 0.255 e. The highest BCUT2D eigenvalue weighted by Crippen LogP contribution is 2.16. The largest absolute Gasteiger partial charge is 0.383 e. The van der Waals surface area contributed by atoms with Crippen LogP contribution in [0.1, 0.15) is 29.1 Å². The molecule has 18 heavy (non-hydrogen) atoms. The van der Waals surface area contributed by atoms with Gasteiger partial charge < -0.3 is 16.0 Å². The second-order valence-corrected chi connectivity index (χ2v) is 4.67. The maximum atomic E-state index is 12.0. The lowest BCUT2D eigenvalue weighted by Crippen LogP contribution is -2.28. The first-order chi connectivity index (χ1) is 8.58. The van der Waals surface area contributed by atoms with Gasteiger partial charge in [-0.3, -0.25) is 4.79 Å². The van der Waals surface area contributed by atoms with Crippen molar-refractivity contribution in [2.75, 3.05) is 5.73 Å². The van der Waals surface area contributed by atoms with E-state index in [1.54, 1.807) is 24.7 Å². The Bertz CT molecular complexity index is 555. The van der Waals surface area contributed by atoms with Gasteiger partial charge in [-0.2, -0.15) is 0 Å². The van der Waals surface area contributed by atoms with E-state index in [1.165, 1.54) is 0 Å². The summed E-state index contributed by atoms with van der Waals surface area (Å²) in [6, 6.07) is 1.40. The van der Waals surface area contributed by atoms with Gasteiger partial charge >= 0.3 is 0 Å². The highest BCUT2D eigenvalue weighted by Gasteiger charge is 2.16. The summed E-state index contributed by atoms with van der Waals surface area (Å²) in [5, 5.41) is 2.79. The van der Waals surface area contributed by atoms with Crippen molar-refractivity contribution in [1.29, 1.82) is 0 Å². The van der Waals surface area contributed by atoms with Crippen LogP contribution < -0.4 is 11.1 Å². The predicted molar refractivity (Wildman–Crippen MR) is 70.8 cm³/mol. The number of carbonyl (C=O) groups is 1. The average molecular weight is 310 g/mol. The minimum Gasteiger partial charge on any atom is -0.383 e. The first-order valence-electron chi connectivity index (χ1n) is 5.29. The molecule has 0 spiro atoms. The van der Waals surface area contributed by atoms with Gasteiger partial charge in [0.1, 0.15) is 11.6 Å². The van der Waals surface area contributed by atoms with Gasteiger partial charge in [0, 0.05) is 23.1 Å². The monoisotopic (exact) mass is 309 g/mol. The fourth-order valence-corrected chi connectivity index (χ4v) is 1.82. The zero-order chi connectivity index (χ0) is 13.1. The molecule has 94 valence electrons. The SMILES string of the molecule is CC(NC(=O)c1cc(Br)cnc1N)c1ncc[nH]1. The lowest BCUT2D eigenvalue weighted by atomic mass is 10.2. The number of hydrogen-bond donors (Lipinski definition) is 3. The number of rotatable bonds is 3. The molecule has 0 saturated heterocycles. The molecular formula is C11H12BrN5O. The molecule has 1 atom stereocenters. The summed E-state index contributed by atoms with van der Waals surface area (Å²) in [5.41, 5.74) is 6.00. The third kappa shape index (κ3) is 2.67. The van der Waals surface area contributed by atoms with Gasteiger partial charge in [-0.25, -0.2) is 9.97 Å². The van der Waals surface area contributed by atoms with Gasteiger partial charge in [0.05, 0.1) is 11.6 Å². The molecule has 4 N–H and O–H groups in total. The molecule has 2 aromatic rings. The number of H-pyrrole nitrogens is 1. The summed E-state index contributed by atoms with van der Waals surface area (Å²) >= 11 is 3.25. The van der Waals surface area contributed by atoms with Gasteiger partial charge in [0.2, 0.25) is 0 Å². The molecule has 6 nitrogen and oxygen atoms in total. The van der Waals surface area contributed by atoms with E-state index in [4.69, 9.17) is 5.73 Å². The van der Waals surface area contributed by atoms with Crippen molar-refractivity contribution in [3.63, 3.8) is 0 Å². The molecule has 1 amide bonds. The van der Waals surface area contributed by atoms with E-state index < -0.39 is 0 Å². The molecule has 7 heteroatoms. The van der Waals surface area contributed by atoms with Gasteiger partial charge in [0.25, 0.3) is 5.91 Å². The van der Waals surface area contributed by atoms with Crippen molar-refractivity contribution < 1.29 is 4.79 Å². The van der Waals surface area contributed by atoms with Crippen LogP contribution in [0, 0.1) is 0 Å². The first-order valence-corrected chi connectivity index (χ1v) is 6.08. The Morgan fingerprint density at radius 2 is 2.33 bits per heavy atom. The summed E-state index contributed by atoms with van der Waals surface area (Å²) in [4.78, 5) is 23.0. The lowest BCUT2D eigenvalue weighted by Gasteiger charge is -2.12. The Morgan fingerprint density at radius 3 is 3.00 bits per heavy atom. The van der Waals surface area contributed by atoms with Crippen LogP contribution in [0.4, 0.5) is 5.82 Å². The first kappa shape index (κ1) is 12.6. The Balaban J connectivity index is 2.15. The zero-order valence-electron chi connectivity index (χ0n) is 9.64. The summed E-state index contributed by atoms with van der Waals surface area (Å²) in [7, 11) is 0. The minimum absolute atomic E-state index is 0.197. The Labute approximate surface area is 112 Å². The predicted octanol–water partition coefficient (Wildman–Crippen LogP) is 1.64. The molecule has 0 aliphatic carbocycles. The van der Waals surface area contributed by atoms with E-state index in [1.807, 2.05) is 6.92 Å². The van der Waals surface area contributed by atoms with Crippen LogP contribution in [0.3, 0.4) is 0 Å². The van der Waals surface area contributed by atoms with Crippen LogP contribution in [0.15, 0.2) is 29.1 Å². The number of anilines is 1. The zero-order valence-corrected chi connectivity index (χ0v) is 11.2. The smallest absolute Gasteiger partial charge is 0.255 e. The molecule has 0 aromatic carbocycles. The number of nitrogen functional groups attached to an aromatic ring is 1. The quantitative estimate of drug-likeness (QED) is 0.803. The molecular weight excluding hydrogens is 298 g/mol. The number of imidazole rings is 1. The van der Waals surface area contributed by atoms with E-state index in [-0.39, 0.29) is 17.8 Å². The third-order valence-electron chi connectivity index (χ3n) is 2.41. The highest BCUT2D eigenvalue weighted by atomic mass is 79.9. The van der Waals surface area contributed by atoms with Crippen LogP contribution >= 0.6 is 15.9 Å². The molecule has 0 radical (unpaired) electrons. The molecule has 1 unspecified atom stereocenters. The van der Waals surface area contributed by atoms with Crippen molar-refractivity contribution in [1.82, 2.24) is 20.3 Å². The molecule has 0 fully saturated rings. The van der Waals surface area contributed by atoms with Crippen LogP contribution in [0.25, 0.3) is 0 Å². The molecule has 0 bridgehead atoms. The molecule has 0 saturated carbocycles. The van der Waals surface area contributed by atoms with Crippen LogP contribution in [0.5, 0.6) is 0 Å². The lowest BCUT2D eigenvalue weighted by molar-refractivity contribution is 0.0939. The molecule has 2 aromatic heterocycles. The normalized spacial score (nSPS) is 12.1. The van der Waals surface area contributed by atoms with Crippen molar-refractivity contribution in [3.05, 3.63) is 40.5 Å². The van der Waals surface area contributed by atoms with Crippen molar-refractivity contribution in [2.24, 2.45) is 0 Å². The topological polar surface area (TPSA) is 96.7 Å². The molecule has 0 aliphatic heterocycles. The van der Waals surface area contributed by atoms with E-state index in [0.717, 1.165) is 0 Å². The number of carbonyl (C=O) groups excluding carboxylic acids is 1. The second-order valence-electron chi connectivity index (χ2n) is 3.76. The van der Waals surface area contributed by atoms with Gasteiger partial charge in [0.15, 0.2) is 0 Å². The number of amides is 1. The summed E-state index contributed by atoms with van der Waals surface area (Å²) in [6.07, 6.45) is 4.88. The number of pyridine rings is 1. The number of hydrogen-bond acceptors (Lipinski definition) is 4.